The number of hydrogen-bond acceptors (Lipinski definition) is 5. The molecule has 8 heteroatoms. The molecular formula is C21H26N2O5S. The zero-order chi connectivity index (χ0) is 20.9. The van der Waals surface area contributed by atoms with Gasteiger partial charge in [-0.3, -0.25) is 9.52 Å². The average Bonchev–Trinajstić information content (AvgIpc) is 2.74. The highest BCUT2D eigenvalue weighted by atomic mass is 32.2. The average molecular weight is 419 g/mol. The van der Waals surface area contributed by atoms with Gasteiger partial charge in [-0.05, 0) is 68.7 Å². The first-order valence-electron chi connectivity index (χ1n) is 9.67. The third kappa shape index (κ3) is 5.00. The van der Waals surface area contributed by atoms with Gasteiger partial charge in [0.15, 0.2) is 0 Å². The molecule has 29 heavy (non-hydrogen) atoms. The number of nitrogens with one attached hydrogen (secondary N) is 1. The number of sulfonamides is 1. The third-order valence-corrected chi connectivity index (χ3v) is 6.15. The second-order valence-corrected chi connectivity index (χ2v) is 8.46. The molecule has 0 radical (unpaired) electrons. The van der Waals surface area contributed by atoms with Crippen molar-refractivity contribution in [3.8, 4) is 11.5 Å². The topological polar surface area (TPSA) is 84.9 Å². The number of likely N-dealkylation sites (tertiary alicyclic amines) is 1. The zero-order valence-corrected chi connectivity index (χ0v) is 17.5. The lowest BCUT2D eigenvalue weighted by atomic mass is 10.1. The number of piperidine rings is 1. The van der Waals surface area contributed by atoms with Crippen LogP contribution in [-0.4, -0.2) is 46.0 Å². The van der Waals surface area contributed by atoms with Gasteiger partial charge in [0.1, 0.15) is 11.5 Å². The van der Waals surface area contributed by atoms with Crippen molar-refractivity contribution >= 4 is 21.6 Å². The number of amides is 1. The molecule has 2 aromatic carbocycles. The Morgan fingerprint density at radius 3 is 2.38 bits per heavy atom. The quantitative estimate of drug-likeness (QED) is 0.744. The first kappa shape index (κ1) is 21.0. The summed E-state index contributed by atoms with van der Waals surface area (Å²) in [6.07, 6.45) is 3.00. The lowest BCUT2D eigenvalue weighted by Gasteiger charge is -2.27. The van der Waals surface area contributed by atoms with Crippen LogP contribution in [-0.2, 0) is 10.0 Å². The Morgan fingerprint density at radius 2 is 1.76 bits per heavy atom. The molecule has 0 aromatic heterocycles. The number of ether oxygens (including phenoxy) is 2. The number of rotatable bonds is 7. The molecule has 0 atom stereocenters. The van der Waals surface area contributed by atoms with E-state index in [4.69, 9.17) is 9.47 Å². The molecule has 2 aromatic rings. The lowest BCUT2D eigenvalue weighted by molar-refractivity contribution is 0.0720. The number of nitrogens with zero attached hydrogens (tertiary/aromatic N) is 1. The number of hydrogen-bond donors (Lipinski definition) is 1. The van der Waals surface area contributed by atoms with E-state index >= 15 is 0 Å². The zero-order valence-electron chi connectivity index (χ0n) is 16.7. The van der Waals surface area contributed by atoms with Crippen LogP contribution in [0.15, 0.2) is 47.4 Å². The first-order valence-corrected chi connectivity index (χ1v) is 11.2. The van der Waals surface area contributed by atoms with Crippen LogP contribution in [0.5, 0.6) is 11.5 Å². The normalized spacial score (nSPS) is 14.3. The van der Waals surface area contributed by atoms with Crippen LogP contribution >= 0.6 is 0 Å². The Labute approximate surface area is 171 Å². The summed E-state index contributed by atoms with van der Waals surface area (Å²) in [6, 6.07) is 11.0. The van der Waals surface area contributed by atoms with Crippen molar-refractivity contribution in [2.45, 2.75) is 31.1 Å². The molecule has 1 N–H and O–H groups in total. The van der Waals surface area contributed by atoms with Gasteiger partial charge in [-0.25, -0.2) is 8.42 Å². The highest BCUT2D eigenvalue weighted by molar-refractivity contribution is 7.92. The standard InChI is InChI=1S/C21H26N2O5S/c1-3-28-17-9-7-16(8-10-17)22-29(25,26)18-11-12-20(27-2)19(15-18)21(24)23-13-5-4-6-14-23/h7-12,15,22H,3-6,13-14H2,1-2H3. The van der Waals surface area contributed by atoms with Gasteiger partial charge in [0.25, 0.3) is 15.9 Å². The van der Waals surface area contributed by atoms with E-state index in [1.165, 1.54) is 25.3 Å². The summed E-state index contributed by atoms with van der Waals surface area (Å²) in [5.74, 6) is 0.814. The SMILES string of the molecule is CCOc1ccc(NS(=O)(=O)c2ccc(OC)c(C(=O)N3CCCCC3)c2)cc1. The third-order valence-electron chi connectivity index (χ3n) is 4.77. The van der Waals surface area contributed by atoms with Gasteiger partial charge in [0.2, 0.25) is 0 Å². The molecule has 0 aliphatic carbocycles. The molecule has 0 unspecified atom stereocenters. The minimum atomic E-state index is -3.87. The highest BCUT2D eigenvalue weighted by Crippen LogP contribution is 2.27. The molecule has 3 rings (SSSR count). The molecule has 1 fully saturated rings. The van der Waals surface area contributed by atoms with E-state index in [0.29, 0.717) is 36.9 Å². The summed E-state index contributed by atoms with van der Waals surface area (Å²) in [5.41, 5.74) is 0.664. The maximum absolute atomic E-state index is 12.9. The number of anilines is 1. The molecule has 1 saturated heterocycles. The van der Waals surface area contributed by atoms with E-state index in [-0.39, 0.29) is 16.4 Å². The number of methoxy groups -OCH3 is 1. The molecule has 1 heterocycles. The van der Waals surface area contributed by atoms with Crippen molar-refractivity contribution in [1.29, 1.82) is 0 Å². The van der Waals surface area contributed by atoms with Gasteiger partial charge in [-0.2, -0.15) is 0 Å². The van der Waals surface area contributed by atoms with E-state index in [9.17, 15) is 13.2 Å². The van der Waals surface area contributed by atoms with Crippen molar-refractivity contribution in [3.63, 3.8) is 0 Å². The molecule has 1 aliphatic rings. The molecule has 7 nitrogen and oxygen atoms in total. The molecule has 156 valence electrons. The van der Waals surface area contributed by atoms with Crippen LogP contribution in [0.2, 0.25) is 0 Å². The number of benzene rings is 2. The summed E-state index contributed by atoms with van der Waals surface area (Å²) in [4.78, 5) is 14.7. The summed E-state index contributed by atoms with van der Waals surface area (Å²) in [6.45, 7) is 3.75. The molecule has 1 aliphatic heterocycles. The van der Waals surface area contributed by atoms with Gasteiger partial charge >= 0.3 is 0 Å². The van der Waals surface area contributed by atoms with Crippen molar-refractivity contribution in [1.82, 2.24) is 4.90 Å². The van der Waals surface area contributed by atoms with Crippen LogP contribution < -0.4 is 14.2 Å². The fraction of sp³-hybridized carbons (Fsp3) is 0.381. The van der Waals surface area contributed by atoms with Crippen LogP contribution in [0.1, 0.15) is 36.5 Å². The van der Waals surface area contributed by atoms with Crippen LogP contribution in [0, 0.1) is 0 Å². The molecular weight excluding hydrogens is 392 g/mol. The van der Waals surface area contributed by atoms with Gasteiger partial charge in [0, 0.05) is 18.8 Å². The first-order chi connectivity index (χ1) is 13.9. The predicted octanol–water partition coefficient (Wildman–Crippen LogP) is 3.52. The van der Waals surface area contributed by atoms with Crippen molar-refractivity contribution in [2.24, 2.45) is 0 Å². The summed E-state index contributed by atoms with van der Waals surface area (Å²) < 4.78 is 38.9. The van der Waals surface area contributed by atoms with Crippen LogP contribution in [0.25, 0.3) is 0 Å². The second kappa shape index (κ2) is 9.17. The van der Waals surface area contributed by atoms with Gasteiger partial charge < -0.3 is 14.4 Å². The van der Waals surface area contributed by atoms with Crippen LogP contribution in [0.3, 0.4) is 0 Å². The highest BCUT2D eigenvalue weighted by Gasteiger charge is 2.24. The second-order valence-electron chi connectivity index (χ2n) is 6.78. The van der Waals surface area contributed by atoms with E-state index in [1.807, 2.05) is 6.92 Å². The Hall–Kier alpha value is -2.74. The van der Waals surface area contributed by atoms with E-state index in [1.54, 1.807) is 29.2 Å². The molecule has 0 saturated carbocycles. The smallest absolute Gasteiger partial charge is 0.261 e. The molecule has 0 bridgehead atoms. The monoisotopic (exact) mass is 418 g/mol. The van der Waals surface area contributed by atoms with E-state index in [2.05, 4.69) is 4.72 Å². The Balaban J connectivity index is 1.85. The fourth-order valence-electron chi connectivity index (χ4n) is 3.29. The minimum absolute atomic E-state index is 0.00699. The number of carbonyl (C=O) groups is 1. The Kier molecular flexibility index (Phi) is 6.64. The lowest BCUT2D eigenvalue weighted by Crippen LogP contribution is -2.35. The Bertz CT molecular complexity index is 952. The number of carbonyl (C=O) groups excluding carboxylic acids is 1. The predicted molar refractivity (Wildman–Crippen MR) is 111 cm³/mol. The maximum Gasteiger partial charge on any atom is 0.261 e. The van der Waals surface area contributed by atoms with Gasteiger partial charge in [-0.15, -0.1) is 0 Å². The summed E-state index contributed by atoms with van der Waals surface area (Å²) in [5, 5.41) is 0. The molecule has 0 spiro atoms. The molecule has 1 amide bonds. The van der Waals surface area contributed by atoms with Gasteiger partial charge in [0.05, 0.1) is 24.2 Å². The Morgan fingerprint density at radius 1 is 1.07 bits per heavy atom. The fourth-order valence-corrected chi connectivity index (χ4v) is 4.37. The van der Waals surface area contributed by atoms with Crippen molar-refractivity contribution < 1.29 is 22.7 Å². The van der Waals surface area contributed by atoms with Crippen LogP contribution in [0.4, 0.5) is 5.69 Å². The van der Waals surface area contributed by atoms with E-state index in [0.717, 1.165) is 19.3 Å². The van der Waals surface area contributed by atoms with Crippen molar-refractivity contribution in [2.75, 3.05) is 31.5 Å². The van der Waals surface area contributed by atoms with Crippen molar-refractivity contribution in [3.05, 3.63) is 48.0 Å². The maximum atomic E-state index is 12.9. The largest absolute Gasteiger partial charge is 0.496 e. The minimum Gasteiger partial charge on any atom is -0.496 e. The summed E-state index contributed by atoms with van der Waals surface area (Å²) in [7, 11) is -2.40. The summed E-state index contributed by atoms with van der Waals surface area (Å²) >= 11 is 0. The van der Waals surface area contributed by atoms with Gasteiger partial charge in [-0.1, -0.05) is 0 Å². The van der Waals surface area contributed by atoms with E-state index < -0.39 is 10.0 Å².